The molecule has 1 saturated heterocycles. The van der Waals surface area contributed by atoms with E-state index in [1.165, 1.54) is 0 Å². The predicted octanol–water partition coefficient (Wildman–Crippen LogP) is 4.90. The van der Waals surface area contributed by atoms with Crippen molar-refractivity contribution < 1.29 is 38.2 Å². The van der Waals surface area contributed by atoms with Crippen LogP contribution in [0, 0.1) is 23.7 Å². The van der Waals surface area contributed by atoms with Crippen molar-refractivity contribution in [2.45, 2.75) is 136 Å². The van der Waals surface area contributed by atoms with Crippen LogP contribution in [0.2, 0.25) is 0 Å². The summed E-state index contributed by atoms with van der Waals surface area (Å²) in [5.41, 5.74) is 8.29. The first kappa shape index (κ1) is 59.2. The van der Waals surface area contributed by atoms with E-state index in [4.69, 9.17) is 15.2 Å². The van der Waals surface area contributed by atoms with Gasteiger partial charge in [-0.15, -0.1) is 0 Å². The number of likely N-dealkylation sites (tertiary alicyclic amines) is 1. The molecule has 392 valence electrons. The molecule has 0 spiro atoms. The van der Waals surface area contributed by atoms with Crippen LogP contribution < -0.4 is 37.6 Å². The summed E-state index contributed by atoms with van der Waals surface area (Å²) in [6.45, 7) is 15.5. The highest BCUT2D eigenvalue weighted by Crippen LogP contribution is 2.29. The molecule has 0 saturated carbocycles. The Bertz CT molecular complexity index is 1960. The van der Waals surface area contributed by atoms with Gasteiger partial charge in [0.1, 0.15) is 11.8 Å². The average molecular weight is 979 g/mol. The van der Waals surface area contributed by atoms with Crippen molar-refractivity contribution in [1.29, 1.82) is 0 Å². The molecule has 0 aliphatic carbocycles. The lowest BCUT2D eigenvalue weighted by molar-refractivity contribution is -0.144. The van der Waals surface area contributed by atoms with Crippen LogP contribution in [0.1, 0.15) is 92.6 Å². The van der Waals surface area contributed by atoms with Crippen molar-refractivity contribution >= 4 is 52.5 Å². The number of primary amides is 1. The summed E-state index contributed by atoms with van der Waals surface area (Å²) in [6, 6.07) is 12.3. The van der Waals surface area contributed by atoms with Crippen molar-refractivity contribution in [3.8, 4) is 0 Å². The van der Waals surface area contributed by atoms with Gasteiger partial charge < -0.3 is 52.0 Å². The number of amides is 6. The molecule has 1 unspecified atom stereocenters. The van der Waals surface area contributed by atoms with E-state index >= 15 is 0 Å². The molecule has 3 rings (SSSR count). The zero-order chi connectivity index (χ0) is 52.2. The second-order valence-corrected chi connectivity index (χ2v) is 19.8. The van der Waals surface area contributed by atoms with Crippen molar-refractivity contribution in [1.82, 2.24) is 30.7 Å². The van der Waals surface area contributed by atoms with Gasteiger partial charge in [-0.25, -0.2) is 4.79 Å². The lowest BCUT2D eigenvalue weighted by atomic mass is 9.89. The number of benzene rings is 2. The zero-order valence-corrected chi connectivity index (χ0v) is 44.2. The fourth-order valence-corrected chi connectivity index (χ4v) is 9.61. The number of urea groups is 1. The maximum atomic E-state index is 14.3. The molecule has 0 aromatic heterocycles. The zero-order valence-electron chi connectivity index (χ0n) is 44.2. The van der Waals surface area contributed by atoms with Crippen molar-refractivity contribution in [3.05, 3.63) is 54.1 Å². The molecule has 1 aliphatic heterocycles. The first-order valence-corrected chi connectivity index (χ1v) is 25.0. The molecule has 70 heavy (non-hydrogen) atoms. The van der Waals surface area contributed by atoms with E-state index in [0.29, 0.717) is 43.9 Å². The minimum atomic E-state index is -0.757. The van der Waals surface area contributed by atoms with E-state index in [2.05, 4.69) is 50.6 Å². The Balaban J connectivity index is 1.59. The van der Waals surface area contributed by atoms with Gasteiger partial charge in [0, 0.05) is 63.9 Å². The van der Waals surface area contributed by atoms with Gasteiger partial charge in [-0.05, 0) is 113 Å². The second-order valence-electron chi connectivity index (χ2n) is 19.8. The number of ether oxygens (including phenoxy) is 2. The SMILES string of the molecule is CC[C@H](C)[C@@H]([C@@H](CC(=O)CN1CCC[C@H]1[C@H](OC)[C@@H](C)C(=O)Nc1ccc(NCc2ccc(NC(=O)[C@H](CCCNC(N)=O)NC)cc2)cc1)OC)N(C)C(=O)[C@H](NC(=O)C(C(C)C)N(C)C)C(C)C. The number of likely N-dealkylation sites (N-methyl/N-ethyl adjacent to an activating group) is 3. The van der Waals surface area contributed by atoms with Gasteiger partial charge in [-0.2, -0.15) is 0 Å². The van der Waals surface area contributed by atoms with Gasteiger partial charge in [0.05, 0.1) is 42.8 Å². The molecule has 2 aromatic carbocycles. The van der Waals surface area contributed by atoms with Crippen LogP contribution in [-0.2, 0) is 40.0 Å². The summed E-state index contributed by atoms with van der Waals surface area (Å²) in [4.78, 5) is 84.8. The van der Waals surface area contributed by atoms with Crippen LogP contribution in [0.4, 0.5) is 21.9 Å². The van der Waals surface area contributed by atoms with Crippen molar-refractivity contribution in [2.24, 2.45) is 29.4 Å². The Morgan fingerprint density at radius 2 is 1.41 bits per heavy atom. The van der Waals surface area contributed by atoms with E-state index in [-0.39, 0.29) is 66.2 Å². The number of nitrogens with zero attached hydrogens (tertiary/aromatic N) is 3. The summed E-state index contributed by atoms with van der Waals surface area (Å²) < 4.78 is 12.1. The highest BCUT2D eigenvalue weighted by atomic mass is 16.5. The largest absolute Gasteiger partial charge is 0.381 e. The second kappa shape index (κ2) is 29.3. The lowest BCUT2D eigenvalue weighted by Crippen LogP contribution is -2.59. The summed E-state index contributed by atoms with van der Waals surface area (Å²) in [6.07, 6.45) is 2.53. The van der Waals surface area contributed by atoms with Crippen LogP contribution in [0.5, 0.6) is 0 Å². The van der Waals surface area contributed by atoms with Gasteiger partial charge in [0.15, 0.2) is 0 Å². The third-order valence-electron chi connectivity index (χ3n) is 13.7. The molecule has 1 fully saturated rings. The topological polar surface area (TPSA) is 229 Å². The Kier molecular flexibility index (Phi) is 24.7. The number of nitrogens with two attached hydrogens (primary N) is 1. The fraction of sp³-hybridized carbons (Fsp3) is 0.654. The summed E-state index contributed by atoms with van der Waals surface area (Å²) in [7, 11) is 10.4. The number of ketones is 1. The molecular formula is C52H86N10O8. The van der Waals surface area contributed by atoms with Crippen molar-refractivity contribution in [3.63, 3.8) is 0 Å². The molecule has 6 amide bonds. The van der Waals surface area contributed by atoms with E-state index in [1.54, 1.807) is 33.2 Å². The van der Waals surface area contributed by atoms with Gasteiger partial charge in [-0.1, -0.05) is 67.0 Å². The fourth-order valence-electron chi connectivity index (χ4n) is 9.61. The highest BCUT2D eigenvalue weighted by molar-refractivity contribution is 5.95. The van der Waals surface area contributed by atoms with Gasteiger partial charge in [0.2, 0.25) is 23.6 Å². The first-order chi connectivity index (χ1) is 33.2. The highest BCUT2D eigenvalue weighted by Gasteiger charge is 2.41. The first-order valence-electron chi connectivity index (χ1n) is 25.0. The van der Waals surface area contributed by atoms with Crippen LogP contribution in [0.15, 0.2) is 48.5 Å². The molecule has 1 aliphatic rings. The lowest BCUT2D eigenvalue weighted by Gasteiger charge is -2.40. The average Bonchev–Trinajstić information content (AvgIpc) is 3.76. The molecule has 0 bridgehead atoms. The third-order valence-corrected chi connectivity index (χ3v) is 13.7. The van der Waals surface area contributed by atoms with E-state index < -0.39 is 48.3 Å². The van der Waals surface area contributed by atoms with Gasteiger partial charge >= 0.3 is 6.03 Å². The monoisotopic (exact) mass is 979 g/mol. The maximum absolute atomic E-state index is 14.3. The summed E-state index contributed by atoms with van der Waals surface area (Å²) >= 11 is 0. The minimum absolute atomic E-state index is 0.00740. The molecule has 18 nitrogen and oxygen atoms in total. The maximum Gasteiger partial charge on any atom is 0.312 e. The Labute approximate surface area is 417 Å². The van der Waals surface area contributed by atoms with E-state index in [0.717, 1.165) is 30.5 Å². The Morgan fingerprint density at radius 3 is 1.94 bits per heavy atom. The van der Waals surface area contributed by atoms with Gasteiger partial charge in [-0.3, -0.25) is 33.8 Å². The number of anilines is 3. The standard InChI is InChI=1S/C52H86N10O8/c1-14-34(6)46(61(11)51(67)44(32(2)3)59-50(66)45(33(4)5)60(9)10)43(69-12)29-40(63)31-62-28-16-18-42(62)47(70-13)35(7)48(64)57-39-25-23-37(24-26-39)56-30-36-19-21-38(22-20-36)58-49(65)41(54-8)17-15-27-55-52(53)68/h19-26,32-35,41-47,54,56H,14-18,27-31H2,1-13H3,(H,57,64)(H,58,65)(H,59,66)(H3,53,55,68)/t34-,35+,41-,42-,43+,44+,45?,46-,47+/m0/s1. The number of rotatable bonds is 30. The van der Waals surface area contributed by atoms with Gasteiger partial charge in [0.25, 0.3) is 0 Å². The Hall–Kier alpha value is -5.14. The quantitative estimate of drug-likeness (QED) is 0.0519. The van der Waals surface area contributed by atoms with Crippen LogP contribution in [-0.4, -0.2) is 155 Å². The minimum Gasteiger partial charge on any atom is -0.381 e. The normalized spacial score (nSPS) is 17.5. The number of hydrogen-bond donors (Lipinski definition) is 7. The number of methoxy groups -OCH3 is 2. The molecule has 18 heteroatoms. The Morgan fingerprint density at radius 1 is 0.814 bits per heavy atom. The van der Waals surface area contributed by atoms with E-state index in [9.17, 15) is 28.8 Å². The smallest absolute Gasteiger partial charge is 0.312 e. The third kappa shape index (κ3) is 17.6. The molecule has 1 heterocycles. The summed E-state index contributed by atoms with van der Waals surface area (Å²) in [5, 5.41) is 18.0. The molecule has 0 radical (unpaired) electrons. The molecule has 8 N–H and O–H groups in total. The van der Waals surface area contributed by atoms with Crippen LogP contribution >= 0.6 is 0 Å². The number of hydrogen-bond acceptors (Lipinski definition) is 12. The summed E-state index contributed by atoms with van der Waals surface area (Å²) in [5.74, 6) is -1.48. The molecular weight excluding hydrogens is 893 g/mol. The number of nitrogens with one attached hydrogen (secondary N) is 6. The predicted molar refractivity (Wildman–Crippen MR) is 277 cm³/mol. The molecule has 2 aromatic rings. The number of Topliss-reactive ketones (excluding diaryl/α,β-unsaturated/α-hetero) is 1. The molecule has 9 atom stereocenters. The van der Waals surface area contributed by atoms with Crippen LogP contribution in [0.25, 0.3) is 0 Å². The van der Waals surface area contributed by atoms with E-state index in [1.807, 2.05) is 102 Å². The van der Waals surface area contributed by atoms with Crippen LogP contribution in [0.3, 0.4) is 0 Å². The van der Waals surface area contributed by atoms with Crippen molar-refractivity contribution in [2.75, 3.05) is 78.0 Å². The number of carbonyl (C=O) groups is 6. The number of carbonyl (C=O) groups excluding carboxylic acids is 6.